The van der Waals surface area contributed by atoms with Crippen LogP contribution in [0.5, 0.6) is 0 Å². The Morgan fingerprint density at radius 2 is 2.06 bits per heavy atom. The van der Waals surface area contributed by atoms with E-state index < -0.39 is 0 Å². The van der Waals surface area contributed by atoms with Gasteiger partial charge in [0.25, 0.3) is 0 Å². The molecular formula is C16H23NO. The van der Waals surface area contributed by atoms with Crippen LogP contribution < -0.4 is 5.32 Å². The highest BCUT2D eigenvalue weighted by molar-refractivity contribution is 5.13. The smallest absolute Gasteiger partial charge is 0.0721 e. The molecule has 0 saturated heterocycles. The lowest BCUT2D eigenvalue weighted by molar-refractivity contribution is 0.141. The third-order valence-corrected chi connectivity index (χ3v) is 2.55. The Bertz CT molecular complexity index is 345. The normalized spacial score (nSPS) is 10.2. The van der Waals surface area contributed by atoms with Crippen LogP contribution >= 0.6 is 0 Å². The first-order chi connectivity index (χ1) is 8.83. The largest absolute Gasteiger partial charge is 0.372 e. The number of hydrogen-bond acceptors (Lipinski definition) is 2. The summed E-state index contributed by atoms with van der Waals surface area (Å²) < 4.78 is 5.60. The van der Waals surface area contributed by atoms with E-state index in [2.05, 4.69) is 30.6 Å². The van der Waals surface area contributed by atoms with Crippen molar-refractivity contribution < 1.29 is 4.74 Å². The van der Waals surface area contributed by atoms with Gasteiger partial charge in [0.1, 0.15) is 0 Å². The molecule has 0 aliphatic heterocycles. The first-order valence-corrected chi connectivity index (χ1v) is 6.43. The number of allylic oxidation sites excluding steroid dienone is 1. The maximum Gasteiger partial charge on any atom is 0.0721 e. The Morgan fingerprint density at radius 3 is 2.78 bits per heavy atom. The van der Waals surface area contributed by atoms with E-state index in [0.717, 1.165) is 31.5 Å². The summed E-state index contributed by atoms with van der Waals surface area (Å²) in [4.78, 5) is 0. The van der Waals surface area contributed by atoms with E-state index in [0.29, 0.717) is 13.2 Å². The van der Waals surface area contributed by atoms with Gasteiger partial charge in [-0.15, -0.1) is 6.58 Å². The average molecular weight is 245 g/mol. The highest BCUT2D eigenvalue weighted by Crippen LogP contribution is 2.01. The minimum Gasteiger partial charge on any atom is -0.372 e. The fourth-order valence-corrected chi connectivity index (χ4v) is 1.58. The molecule has 0 bridgehead atoms. The second-order valence-electron chi connectivity index (χ2n) is 4.34. The molecule has 2 heteroatoms. The van der Waals surface area contributed by atoms with Crippen LogP contribution in [0.2, 0.25) is 0 Å². The Kier molecular flexibility index (Phi) is 7.85. The van der Waals surface area contributed by atoms with Crippen molar-refractivity contribution >= 4 is 0 Å². The molecule has 0 fully saturated rings. The number of unbranched alkanes of at least 4 members (excludes halogenated alkanes) is 1. The summed E-state index contributed by atoms with van der Waals surface area (Å²) in [6.45, 7) is 10.8. The standard InChI is InChI=1S/C16H23NO/c1-3-4-8-11-17-12-15(2)13-18-14-16-9-6-5-7-10-16/h3,5-7,9-10,17H,1-2,4,8,11-14H2. The molecule has 0 aliphatic rings. The van der Waals surface area contributed by atoms with Crippen molar-refractivity contribution in [1.82, 2.24) is 5.32 Å². The van der Waals surface area contributed by atoms with Crippen LogP contribution in [0.3, 0.4) is 0 Å². The summed E-state index contributed by atoms with van der Waals surface area (Å²) in [6.07, 6.45) is 4.13. The van der Waals surface area contributed by atoms with Gasteiger partial charge in [-0.05, 0) is 30.5 Å². The van der Waals surface area contributed by atoms with Gasteiger partial charge in [0.2, 0.25) is 0 Å². The number of ether oxygens (including phenoxy) is 1. The maximum absolute atomic E-state index is 5.60. The molecule has 0 saturated carbocycles. The first-order valence-electron chi connectivity index (χ1n) is 6.43. The average Bonchev–Trinajstić information content (AvgIpc) is 2.40. The number of hydrogen-bond donors (Lipinski definition) is 1. The predicted molar refractivity (Wildman–Crippen MR) is 77.5 cm³/mol. The van der Waals surface area contributed by atoms with E-state index in [1.54, 1.807) is 0 Å². The van der Waals surface area contributed by atoms with Gasteiger partial charge in [0.15, 0.2) is 0 Å². The zero-order chi connectivity index (χ0) is 13.1. The third-order valence-electron chi connectivity index (χ3n) is 2.55. The molecule has 98 valence electrons. The molecule has 0 aromatic heterocycles. The first kappa shape index (κ1) is 14.7. The molecule has 0 aliphatic carbocycles. The molecule has 0 spiro atoms. The lowest BCUT2D eigenvalue weighted by Crippen LogP contribution is -2.19. The number of nitrogens with one attached hydrogen (secondary N) is 1. The van der Waals surface area contributed by atoms with Crippen molar-refractivity contribution in [2.75, 3.05) is 19.7 Å². The highest BCUT2D eigenvalue weighted by atomic mass is 16.5. The summed E-state index contributed by atoms with van der Waals surface area (Å²) in [5.74, 6) is 0. The fraction of sp³-hybridized carbons (Fsp3) is 0.375. The molecule has 0 unspecified atom stereocenters. The summed E-state index contributed by atoms with van der Waals surface area (Å²) in [7, 11) is 0. The number of rotatable bonds is 10. The van der Waals surface area contributed by atoms with Crippen molar-refractivity contribution in [3.8, 4) is 0 Å². The van der Waals surface area contributed by atoms with Crippen LogP contribution in [-0.4, -0.2) is 19.7 Å². The van der Waals surface area contributed by atoms with Gasteiger partial charge < -0.3 is 10.1 Å². The van der Waals surface area contributed by atoms with Crippen LogP contribution in [0.4, 0.5) is 0 Å². The maximum atomic E-state index is 5.60. The van der Waals surface area contributed by atoms with E-state index in [4.69, 9.17) is 4.74 Å². The highest BCUT2D eigenvalue weighted by Gasteiger charge is 1.96. The fourth-order valence-electron chi connectivity index (χ4n) is 1.58. The second kappa shape index (κ2) is 9.63. The summed E-state index contributed by atoms with van der Waals surface area (Å²) in [6, 6.07) is 10.2. The van der Waals surface area contributed by atoms with Crippen LogP contribution in [0.1, 0.15) is 18.4 Å². The molecule has 0 heterocycles. The SMILES string of the molecule is C=CCCCNCC(=C)COCc1ccccc1. The molecule has 1 aromatic carbocycles. The minimum atomic E-state index is 0.614. The molecular weight excluding hydrogens is 222 g/mol. The number of benzene rings is 1. The van der Waals surface area contributed by atoms with Crippen molar-refractivity contribution in [1.29, 1.82) is 0 Å². The summed E-state index contributed by atoms with van der Waals surface area (Å²) >= 11 is 0. The molecule has 1 N–H and O–H groups in total. The van der Waals surface area contributed by atoms with Gasteiger partial charge in [-0.2, -0.15) is 0 Å². The molecule has 0 amide bonds. The van der Waals surface area contributed by atoms with Crippen molar-refractivity contribution in [3.05, 3.63) is 60.7 Å². The minimum absolute atomic E-state index is 0.614. The van der Waals surface area contributed by atoms with Crippen LogP contribution in [0.25, 0.3) is 0 Å². The van der Waals surface area contributed by atoms with E-state index >= 15 is 0 Å². The van der Waals surface area contributed by atoms with Gasteiger partial charge in [0.05, 0.1) is 13.2 Å². The van der Waals surface area contributed by atoms with E-state index in [-0.39, 0.29) is 0 Å². The van der Waals surface area contributed by atoms with E-state index in [9.17, 15) is 0 Å². The van der Waals surface area contributed by atoms with Gasteiger partial charge in [0, 0.05) is 6.54 Å². The topological polar surface area (TPSA) is 21.3 Å². The predicted octanol–water partition coefficient (Wildman–Crippen LogP) is 3.32. The second-order valence-corrected chi connectivity index (χ2v) is 4.34. The quantitative estimate of drug-likeness (QED) is 0.504. The van der Waals surface area contributed by atoms with Gasteiger partial charge in [-0.25, -0.2) is 0 Å². The van der Waals surface area contributed by atoms with Gasteiger partial charge in [-0.1, -0.05) is 43.0 Å². The Labute approximate surface area is 110 Å². The molecule has 0 radical (unpaired) electrons. The Morgan fingerprint density at radius 1 is 1.28 bits per heavy atom. The Hall–Kier alpha value is -1.38. The Balaban J connectivity index is 2.01. The van der Waals surface area contributed by atoms with Gasteiger partial charge in [-0.3, -0.25) is 0 Å². The summed E-state index contributed by atoms with van der Waals surface area (Å²) in [5, 5.41) is 3.34. The van der Waals surface area contributed by atoms with E-state index in [1.165, 1.54) is 5.56 Å². The molecule has 1 rings (SSSR count). The molecule has 2 nitrogen and oxygen atoms in total. The van der Waals surface area contributed by atoms with Crippen LogP contribution in [-0.2, 0) is 11.3 Å². The van der Waals surface area contributed by atoms with Gasteiger partial charge >= 0.3 is 0 Å². The monoisotopic (exact) mass is 245 g/mol. The van der Waals surface area contributed by atoms with Crippen molar-refractivity contribution in [2.45, 2.75) is 19.4 Å². The lowest BCUT2D eigenvalue weighted by atomic mass is 10.2. The zero-order valence-corrected chi connectivity index (χ0v) is 11.0. The summed E-state index contributed by atoms with van der Waals surface area (Å²) in [5.41, 5.74) is 2.29. The molecule has 1 aromatic rings. The molecule has 18 heavy (non-hydrogen) atoms. The zero-order valence-electron chi connectivity index (χ0n) is 11.0. The molecule has 0 atom stereocenters. The van der Waals surface area contributed by atoms with Crippen LogP contribution in [0, 0.1) is 0 Å². The van der Waals surface area contributed by atoms with Crippen molar-refractivity contribution in [2.24, 2.45) is 0 Å². The van der Waals surface area contributed by atoms with E-state index in [1.807, 2.05) is 24.3 Å². The third kappa shape index (κ3) is 7.05. The lowest BCUT2D eigenvalue weighted by Gasteiger charge is -2.08. The van der Waals surface area contributed by atoms with Crippen LogP contribution in [0.15, 0.2) is 55.1 Å². The van der Waals surface area contributed by atoms with Crippen molar-refractivity contribution in [3.63, 3.8) is 0 Å².